The number of benzene rings is 1. The Morgan fingerprint density at radius 1 is 1.41 bits per heavy atom. The summed E-state index contributed by atoms with van der Waals surface area (Å²) in [6.07, 6.45) is 1.14. The van der Waals surface area contributed by atoms with E-state index in [1.165, 1.54) is 6.07 Å². The van der Waals surface area contributed by atoms with Crippen LogP contribution in [-0.4, -0.2) is 13.1 Å². The van der Waals surface area contributed by atoms with Crippen molar-refractivity contribution in [1.82, 2.24) is 0 Å². The van der Waals surface area contributed by atoms with Crippen molar-refractivity contribution >= 4 is 5.69 Å². The van der Waals surface area contributed by atoms with Crippen LogP contribution in [0.4, 0.5) is 10.1 Å². The highest BCUT2D eigenvalue weighted by molar-refractivity contribution is 5.56. The first-order valence-electron chi connectivity index (χ1n) is 6.20. The number of nitrogens with zero attached hydrogens (tertiary/aromatic N) is 1. The summed E-state index contributed by atoms with van der Waals surface area (Å²) in [7, 11) is 0. The predicted octanol–water partition coefficient (Wildman–Crippen LogP) is 3.08. The van der Waals surface area contributed by atoms with Crippen LogP contribution >= 0.6 is 0 Å². The minimum atomic E-state index is -0.269. The Kier molecular flexibility index (Phi) is 3.13. The van der Waals surface area contributed by atoms with E-state index in [1.54, 1.807) is 6.07 Å². The Bertz CT molecular complexity index is 413. The zero-order chi connectivity index (χ0) is 12.6. The molecule has 2 rings (SSSR count). The first-order valence-corrected chi connectivity index (χ1v) is 6.20. The van der Waals surface area contributed by atoms with Crippen molar-refractivity contribution < 1.29 is 4.39 Å². The molecule has 0 bridgehead atoms. The van der Waals surface area contributed by atoms with Crippen molar-refractivity contribution in [3.63, 3.8) is 0 Å². The van der Waals surface area contributed by atoms with Gasteiger partial charge in [-0.25, -0.2) is 4.39 Å². The second-order valence-corrected chi connectivity index (χ2v) is 5.80. The Labute approximate surface area is 103 Å². The fourth-order valence-electron chi connectivity index (χ4n) is 2.57. The van der Waals surface area contributed by atoms with E-state index >= 15 is 0 Å². The van der Waals surface area contributed by atoms with Gasteiger partial charge in [-0.1, -0.05) is 19.9 Å². The van der Waals surface area contributed by atoms with Gasteiger partial charge in [-0.2, -0.15) is 0 Å². The zero-order valence-corrected chi connectivity index (χ0v) is 10.8. The van der Waals surface area contributed by atoms with Crippen LogP contribution in [0.15, 0.2) is 18.2 Å². The van der Waals surface area contributed by atoms with E-state index in [9.17, 15) is 4.39 Å². The Morgan fingerprint density at radius 2 is 2.12 bits per heavy atom. The summed E-state index contributed by atoms with van der Waals surface area (Å²) in [5.41, 5.74) is 7.80. The minimum absolute atomic E-state index is 0.192. The van der Waals surface area contributed by atoms with E-state index in [-0.39, 0.29) is 11.9 Å². The summed E-state index contributed by atoms with van der Waals surface area (Å²) in [5.74, 6) is -0.192. The van der Waals surface area contributed by atoms with Crippen molar-refractivity contribution in [2.75, 3.05) is 18.0 Å². The smallest absolute Gasteiger partial charge is 0.130 e. The van der Waals surface area contributed by atoms with Crippen molar-refractivity contribution in [3.8, 4) is 0 Å². The number of anilines is 1. The van der Waals surface area contributed by atoms with Gasteiger partial charge in [0.05, 0.1) is 0 Å². The number of nitrogens with two attached hydrogens (primary N) is 1. The number of rotatable bonds is 2. The molecule has 1 aromatic rings. The molecule has 0 amide bonds. The number of hydrogen-bond acceptors (Lipinski definition) is 2. The molecule has 1 aliphatic rings. The lowest BCUT2D eigenvalue weighted by atomic mass is 9.93. The Morgan fingerprint density at radius 3 is 2.65 bits per heavy atom. The quantitative estimate of drug-likeness (QED) is 0.855. The van der Waals surface area contributed by atoms with Gasteiger partial charge in [0, 0.05) is 30.4 Å². The predicted molar refractivity (Wildman–Crippen MR) is 69.6 cm³/mol. The van der Waals surface area contributed by atoms with Crippen molar-refractivity contribution in [2.45, 2.75) is 33.2 Å². The molecule has 1 atom stereocenters. The molecule has 0 saturated carbocycles. The van der Waals surface area contributed by atoms with Gasteiger partial charge in [-0.05, 0) is 30.9 Å². The zero-order valence-electron chi connectivity index (χ0n) is 10.8. The van der Waals surface area contributed by atoms with Crippen molar-refractivity contribution in [2.24, 2.45) is 11.1 Å². The van der Waals surface area contributed by atoms with Crippen LogP contribution in [0.2, 0.25) is 0 Å². The summed E-state index contributed by atoms with van der Waals surface area (Å²) < 4.78 is 13.8. The van der Waals surface area contributed by atoms with Crippen molar-refractivity contribution in [3.05, 3.63) is 29.6 Å². The second-order valence-electron chi connectivity index (χ2n) is 5.80. The van der Waals surface area contributed by atoms with Crippen LogP contribution in [0.5, 0.6) is 0 Å². The highest BCUT2D eigenvalue weighted by atomic mass is 19.1. The molecule has 0 aromatic heterocycles. The fourth-order valence-corrected chi connectivity index (χ4v) is 2.57. The van der Waals surface area contributed by atoms with E-state index in [0.717, 1.165) is 25.2 Å². The van der Waals surface area contributed by atoms with E-state index in [4.69, 9.17) is 5.73 Å². The Balaban J connectivity index is 2.36. The molecule has 2 nitrogen and oxygen atoms in total. The number of halogens is 1. The van der Waals surface area contributed by atoms with Crippen LogP contribution < -0.4 is 10.6 Å². The second kappa shape index (κ2) is 4.30. The van der Waals surface area contributed by atoms with Crippen LogP contribution in [0.1, 0.15) is 38.8 Å². The number of hydrogen-bond donors (Lipinski definition) is 1. The molecule has 17 heavy (non-hydrogen) atoms. The molecule has 3 heteroatoms. The molecule has 1 saturated heterocycles. The molecule has 94 valence electrons. The molecule has 0 radical (unpaired) electrons. The summed E-state index contributed by atoms with van der Waals surface area (Å²) in [5, 5.41) is 0. The summed E-state index contributed by atoms with van der Waals surface area (Å²) in [6.45, 7) is 8.28. The maximum absolute atomic E-state index is 13.8. The molecule has 1 heterocycles. The SMILES string of the molecule is C[C@H](N)c1c(F)cccc1N1CCC(C)(C)C1. The maximum atomic E-state index is 13.8. The van der Waals surface area contributed by atoms with Crippen LogP contribution in [0.25, 0.3) is 0 Å². The van der Waals surface area contributed by atoms with Gasteiger partial charge in [0.1, 0.15) is 5.82 Å². The molecule has 0 unspecified atom stereocenters. The van der Waals surface area contributed by atoms with Crippen LogP contribution in [-0.2, 0) is 0 Å². The van der Waals surface area contributed by atoms with Gasteiger partial charge < -0.3 is 10.6 Å². The molecule has 1 aliphatic heterocycles. The molecule has 1 aromatic carbocycles. The molecule has 0 aliphatic carbocycles. The normalized spacial score (nSPS) is 20.6. The highest BCUT2D eigenvalue weighted by Gasteiger charge is 2.31. The molecule has 0 spiro atoms. The minimum Gasteiger partial charge on any atom is -0.371 e. The third kappa shape index (κ3) is 2.44. The van der Waals surface area contributed by atoms with Gasteiger partial charge in [0.25, 0.3) is 0 Å². The van der Waals surface area contributed by atoms with E-state index < -0.39 is 0 Å². The molecular formula is C14H21FN2. The van der Waals surface area contributed by atoms with Crippen LogP contribution in [0.3, 0.4) is 0 Å². The average molecular weight is 236 g/mol. The largest absolute Gasteiger partial charge is 0.371 e. The first kappa shape index (κ1) is 12.4. The monoisotopic (exact) mass is 236 g/mol. The molecule has 2 N–H and O–H groups in total. The first-order chi connectivity index (χ1) is 7.91. The van der Waals surface area contributed by atoms with Gasteiger partial charge in [0.15, 0.2) is 0 Å². The Hall–Kier alpha value is -1.09. The highest BCUT2D eigenvalue weighted by Crippen LogP contribution is 2.36. The lowest BCUT2D eigenvalue weighted by molar-refractivity contribution is 0.418. The van der Waals surface area contributed by atoms with E-state index in [1.807, 2.05) is 13.0 Å². The maximum Gasteiger partial charge on any atom is 0.130 e. The fraction of sp³-hybridized carbons (Fsp3) is 0.571. The van der Waals surface area contributed by atoms with Crippen molar-refractivity contribution in [1.29, 1.82) is 0 Å². The lowest BCUT2D eigenvalue weighted by Crippen LogP contribution is -2.25. The molecular weight excluding hydrogens is 215 g/mol. The summed E-state index contributed by atoms with van der Waals surface area (Å²) in [4.78, 5) is 2.25. The standard InChI is InChI=1S/C14H21FN2/c1-10(16)13-11(15)5-4-6-12(13)17-8-7-14(2,3)9-17/h4-6,10H,7-9,16H2,1-3H3/t10-/m0/s1. The van der Waals surface area contributed by atoms with E-state index in [2.05, 4.69) is 18.7 Å². The molecule has 1 fully saturated rings. The summed E-state index contributed by atoms with van der Waals surface area (Å²) in [6, 6.07) is 4.96. The van der Waals surface area contributed by atoms with E-state index in [0.29, 0.717) is 11.0 Å². The lowest BCUT2D eigenvalue weighted by Gasteiger charge is -2.25. The van der Waals surface area contributed by atoms with Gasteiger partial charge in [-0.3, -0.25) is 0 Å². The van der Waals surface area contributed by atoms with Gasteiger partial charge in [-0.15, -0.1) is 0 Å². The van der Waals surface area contributed by atoms with Crippen LogP contribution in [0, 0.1) is 11.2 Å². The van der Waals surface area contributed by atoms with Gasteiger partial charge in [0.2, 0.25) is 0 Å². The average Bonchev–Trinajstić information content (AvgIpc) is 2.57. The third-order valence-corrected chi connectivity index (χ3v) is 3.50. The van der Waals surface area contributed by atoms with Gasteiger partial charge >= 0.3 is 0 Å². The topological polar surface area (TPSA) is 29.3 Å². The summed E-state index contributed by atoms with van der Waals surface area (Å²) >= 11 is 0. The third-order valence-electron chi connectivity index (χ3n) is 3.50.